The summed E-state index contributed by atoms with van der Waals surface area (Å²) >= 11 is 0. The Morgan fingerprint density at radius 3 is 2.21 bits per heavy atom. The fourth-order valence-corrected chi connectivity index (χ4v) is 3.84. The summed E-state index contributed by atoms with van der Waals surface area (Å²) in [6.07, 6.45) is 0. The molecule has 1 aromatic rings. The van der Waals surface area contributed by atoms with E-state index in [-0.39, 0.29) is 11.7 Å². The molecular formula is C21H33FN6O. The zero-order valence-corrected chi connectivity index (χ0v) is 17.6. The van der Waals surface area contributed by atoms with Gasteiger partial charge in [0.1, 0.15) is 5.82 Å². The molecule has 0 aliphatic carbocycles. The molecule has 2 aliphatic heterocycles. The number of rotatable bonds is 5. The van der Waals surface area contributed by atoms with Crippen LogP contribution in [-0.4, -0.2) is 98.6 Å². The standard InChI is InChI=1S/C21H33FN6O/c1-3-23-21(28-16-14-26(15-17-28)18(2)29)24-8-9-25-10-12-27(13-11-25)20-6-4-19(22)5-7-20/h4-7H,3,8-17H2,1-2H3,(H,23,24). The van der Waals surface area contributed by atoms with Crippen LogP contribution in [-0.2, 0) is 4.79 Å². The van der Waals surface area contributed by atoms with Crippen molar-refractivity contribution in [2.45, 2.75) is 13.8 Å². The van der Waals surface area contributed by atoms with E-state index < -0.39 is 0 Å². The van der Waals surface area contributed by atoms with Crippen molar-refractivity contribution < 1.29 is 9.18 Å². The van der Waals surface area contributed by atoms with Crippen molar-refractivity contribution in [3.05, 3.63) is 30.1 Å². The van der Waals surface area contributed by atoms with Gasteiger partial charge in [0.2, 0.25) is 5.91 Å². The van der Waals surface area contributed by atoms with Gasteiger partial charge in [0.25, 0.3) is 0 Å². The van der Waals surface area contributed by atoms with E-state index in [0.29, 0.717) is 0 Å². The van der Waals surface area contributed by atoms with Crippen LogP contribution in [0.2, 0.25) is 0 Å². The summed E-state index contributed by atoms with van der Waals surface area (Å²) in [6.45, 7) is 13.3. The highest BCUT2D eigenvalue weighted by Crippen LogP contribution is 2.16. The maximum atomic E-state index is 13.1. The molecule has 7 nitrogen and oxygen atoms in total. The number of aliphatic imine (C=N–C) groups is 1. The zero-order valence-electron chi connectivity index (χ0n) is 17.6. The number of hydrogen-bond acceptors (Lipinski definition) is 4. The molecule has 29 heavy (non-hydrogen) atoms. The Bertz CT molecular complexity index is 679. The van der Waals surface area contributed by atoms with Crippen LogP contribution < -0.4 is 10.2 Å². The Morgan fingerprint density at radius 2 is 1.62 bits per heavy atom. The number of nitrogens with zero attached hydrogens (tertiary/aromatic N) is 5. The monoisotopic (exact) mass is 404 g/mol. The number of anilines is 1. The van der Waals surface area contributed by atoms with Gasteiger partial charge in [-0.25, -0.2) is 4.39 Å². The number of piperazine rings is 2. The molecule has 0 radical (unpaired) electrons. The first-order valence-corrected chi connectivity index (χ1v) is 10.6. The van der Waals surface area contributed by atoms with Crippen molar-refractivity contribution >= 4 is 17.6 Å². The normalized spacial score (nSPS) is 18.9. The highest BCUT2D eigenvalue weighted by Gasteiger charge is 2.21. The minimum absolute atomic E-state index is 0.145. The van der Waals surface area contributed by atoms with Crippen molar-refractivity contribution in [2.24, 2.45) is 4.99 Å². The fraction of sp³-hybridized carbons (Fsp3) is 0.619. The molecule has 0 aromatic heterocycles. The van der Waals surface area contributed by atoms with Gasteiger partial charge in [0, 0.05) is 78.1 Å². The third-order valence-electron chi connectivity index (χ3n) is 5.60. The summed E-state index contributed by atoms with van der Waals surface area (Å²) in [5, 5.41) is 3.38. The van der Waals surface area contributed by atoms with E-state index in [4.69, 9.17) is 4.99 Å². The van der Waals surface area contributed by atoms with Crippen LogP contribution in [0, 0.1) is 5.82 Å². The molecular weight excluding hydrogens is 371 g/mol. The van der Waals surface area contributed by atoms with Crippen LogP contribution in [0.3, 0.4) is 0 Å². The summed E-state index contributed by atoms with van der Waals surface area (Å²) in [4.78, 5) is 25.2. The number of carbonyl (C=O) groups excluding carboxylic acids is 1. The second-order valence-corrected chi connectivity index (χ2v) is 7.53. The number of guanidine groups is 1. The second kappa shape index (κ2) is 10.4. The van der Waals surface area contributed by atoms with Gasteiger partial charge in [-0.15, -0.1) is 0 Å². The Hall–Kier alpha value is -2.35. The quantitative estimate of drug-likeness (QED) is 0.588. The topological polar surface area (TPSA) is 54.4 Å². The SMILES string of the molecule is CCNC(=NCCN1CCN(c2ccc(F)cc2)CC1)N1CCN(C(C)=O)CC1. The highest BCUT2D eigenvalue weighted by molar-refractivity contribution is 5.80. The van der Waals surface area contributed by atoms with Gasteiger partial charge in [0.15, 0.2) is 5.96 Å². The van der Waals surface area contributed by atoms with Crippen LogP contribution in [0.25, 0.3) is 0 Å². The van der Waals surface area contributed by atoms with Gasteiger partial charge >= 0.3 is 0 Å². The van der Waals surface area contributed by atoms with Gasteiger partial charge in [-0.2, -0.15) is 0 Å². The molecule has 0 spiro atoms. The Kier molecular flexibility index (Phi) is 7.69. The van der Waals surface area contributed by atoms with Crippen LogP contribution in [0.15, 0.2) is 29.3 Å². The summed E-state index contributed by atoms with van der Waals surface area (Å²) in [5.41, 5.74) is 1.09. The summed E-state index contributed by atoms with van der Waals surface area (Å²) in [5.74, 6) is 0.900. The summed E-state index contributed by atoms with van der Waals surface area (Å²) in [6, 6.07) is 6.75. The maximum absolute atomic E-state index is 13.1. The van der Waals surface area contributed by atoms with E-state index in [9.17, 15) is 9.18 Å². The van der Waals surface area contributed by atoms with Gasteiger partial charge in [-0.1, -0.05) is 0 Å². The van der Waals surface area contributed by atoms with E-state index in [0.717, 1.165) is 83.6 Å². The molecule has 8 heteroatoms. The lowest BCUT2D eigenvalue weighted by atomic mass is 10.2. The minimum Gasteiger partial charge on any atom is -0.369 e. The van der Waals surface area contributed by atoms with E-state index in [2.05, 4.69) is 26.9 Å². The van der Waals surface area contributed by atoms with Crippen LogP contribution >= 0.6 is 0 Å². The van der Waals surface area contributed by atoms with E-state index in [1.165, 1.54) is 12.1 Å². The first-order valence-electron chi connectivity index (χ1n) is 10.6. The highest BCUT2D eigenvalue weighted by atomic mass is 19.1. The van der Waals surface area contributed by atoms with Crippen LogP contribution in [0.5, 0.6) is 0 Å². The Balaban J connectivity index is 1.44. The van der Waals surface area contributed by atoms with Crippen molar-refractivity contribution in [3.63, 3.8) is 0 Å². The number of carbonyl (C=O) groups is 1. The third kappa shape index (κ3) is 6.06. The third-order valence-corrected chi connectivity index (χ3v) is 5.60. The molecule has 1 aromatic carbocycles. The average Bonchev–Trinajstić information content (AvgIpc) is 2.74. The number of halogens is 1. The predicted molar refractivity (Wildman–Crippen MR) is 115 cm³/mol. The van der Waals surface area contributed by atoms with Crippen molar-refractivity contribution in [3.8, 4) is 0 Å². The summed E-state index contributed by atoms with van der Waals surface area (Å²) < 4.78 is 13.1. The van der Waals surface area contributed by atoms with E-state index in [1.807, 2.05) is 17.0 Å². The van der Waals surface area contributed by atoms with Crippen molar-refractivity contribution in [1.29, 1.82) is 0 Å². The van der Waals surface area contributed by atoms with Gasteiger partial charge < -0.3 is 20.0 Å². The van der Waals surface area contributed by atoms with E-state index in [1.54, 1.807) is 6.92 Å². The molecule has 1 amide bonds. The molecule has 0 saturated carbocycles. The smallest absolute Gasteiger partial charge is 0.219 e. The fourth-order valence-electron chi connectivity index (χ4n) is 3.84. The molecule has 2 aliphatic rings. The predicted octanol–water partition coefficient (Wildman–Crippen LogP) is 1.08. The molecule has 0 bridgehead atoms. The summed E-state index contributed by atoms with van der Waals surface area (Å²) in [7, 11) is 0. The molecule has 3 rings (SSSR count). The first-order chi connectivity index (χ1) is 14.1. The maximum Gasteiger partial charge on any atom is 0.219 e. The average molecular weight is 405 g/mol. The van der Waals surface area contributed by atoms with Crippen LogP contribution in [0.1, 0.15) is 13.8 Å². The molecule has 0 unspecified atom stereocenters. The number of hydrogen-bond donors (Lipinski definition) is 1. The Labute approximate surface area is 173 Å². The van der Waals surface area contributed by atoms with Crippen molar-refractivity contribution in [1.82, 2.24) is 20.0 Å². The number of nitrogens with one attached hydrogen (secondary N) is 1. The Morgan fingerprint density at radius 1 is 1.00 bits per heavy atom. The second-order valence-electron chi connectivity index (χ2n) is 7.53. The first kappa shape index (κ1) is 21.4. The number of benzene rings is 1. The van der Waals surface area contributed by atoms with Crippen molar-refractivity contribution in [2.75, 3.05) is 76.9 Å². The molecule has 160 valence electrons. The lowest BCUT2D eigenvalue weighted by Crippen LogP contribution is -2.53. The molecule has 0 atom stereocenters. The largest absolute Gasteiger partial charge is 0.369 e. The zero-order chi connectivity index (χ0) is 20.6. The molecule has 1 N–H and O–H groups in total. The lowest BCUT2D eigenvalue weighted by Gasteiger charge is -2.37. The van der Waals surface area contributed by atoms with Crippen LogP contribution in [0.4, 0.5) is 10.1 Å². The van der Waals surface area contributed by atoms with Gasteiger partial charge in [-0.05, 0) is 31.2 Å². The van der Waals surface area contributed by atoms with E-state index >= 15 is 0 Å². The number of amides is 1. The molecule has 2 heterocycles. The van der Waals surface area contributed by atoms with Gasteiger partial charge in [0.05, 0.1) is 6.54 Å². The lowest BCUT2D eigenvalue weighted by molar-refractivity contribution is -0.130. The molecule has 2 saturated heterocycles. The molecule has 2 fully saturated rings. The minimum atomic E-state index is -0.190. The van der Waals surface area contributed by atoms with Gasteiger partial charge in [-0.3, -0.25) is 14.7 Å².